The van der Waals surface area contributed by atoms with Crippen molar-refractivity contribution in [3.05, 3.63) is 23.3 Å². The van der Waals surface area contributed by atoms with E-state index in [2.05, 4.69) is 0 Å². The van der Waals surface area contributed by atoms with E-state index in [1.807, 2.05) is 0 Å². The van der Waals surface area contributed by atoms with Gasteiger partial charge in [-0.25, -0.2) is 4.79 Å². The molecule has 0 heterocycles. The van der Waals surface area contributed by atoms with Gasteiger partial charge < -0.3 is 20.1 Å². The van der Waals surface area contributed by atoms with Gasteiger partial charge in [0.1, 0.15) is 17.1 Å². The van der Waals surface area contributed by atoms with Crippen LogP contribution < -0.4 is 4.74 Å². The first-order valence-electron chi connectivity index (χ1n) is 6.30. The number of carbonyl (C=O) groups is 2. The number of aromatic carboxylic acids is 1. The number of aliphatic carboxylic acids is 1. The van der Waals surface area contributed by atoms with Crippen LogP contribution in [0.4, 0.5) is 0 Å². The average molecular weight is 280 g/mol. The Hall–Kier alpha value is -2.24. The van der Waals surface area contributed by atoms with Gasteiger partial charge in [-0.15, -0.1) is 0 Å². The average Bonchev–Trinajstić information content (AvgIpc) is 3.19. The Bertz CT molecular complexity index is 547. The van der Waals surface area contributed by atoms with E-state index in [0.29, 0.717) is 11.3 Å². The number of rotatable bonds is 6. The van der Waals surface area contributed by atoms with Gasteiger partial charge in [-0.1, -0.05) is 0 Å². The first kappa shape index (κ1) is 14.2. The highest BCUT2D eigenvalue weighted by molar-refractivity contribution is 5.91. The van der Waals surface area contributed by atoms with Gasteiger partial charge in [-0.2, -0.15) is 0 Å². The van der Waals surface area contributed by atoms with Gasteiger partial charge >= 0.3 is 11.9 Å². The van der Waals surface area contributed by atoms with Crippen molar-refractivity contribution in [2.75, 3.05) is 7.11 Å². The van der Waals surface area contributed by atoms with Crippen LogP contribution in [-0.2, 0) is 4.79 Å². The molecule has 0 aromatic heterocycles. The normalized spacial score (nSPS) is 15.7. The molecule has 6 heteroatoms. The van der Waals surface area contributed by atoms with Crippen molar-refractivity contribution in [1.82, 2.24) is 0 Å². The van der Waals surface area contributed by atoms with Gasteiger partial charge in [-0.05, 0) is 30.4 Å². The third-order valence-electron chi connectivity index (χ3n) is 3.56. The van der Waals surface area contributed by atoms with E-state index >= 15 is 0 Å². The van der Waals surface area contributed by atoms with Crippen molar-refractivity contribution < 1.29 is 29.6 Å². The predicted octanol–water partition coefficient (Wildman–Crippen LogP) is 2.07. The Morgan fingerprint density at radius 1 is 1.35 bits per heavy atom. The molecule has 1 aliphatic rings. The predicted molar refractivity (Wildman–Crippen MR) is 69.3 cm³/mol. The van der Waals surface area contributed by atoms with Gasteiger partial charge in [-0.3, -0.25) is 4.79 Å². The number of benzene rings is 1. The molecule has 6 nitrogen and oxygen atoms in total. The Labute approximate surface area is 115 Å². The van der Waals surface area contributed by atoms with E-state index in [4.69, 9.17) is 14.9 Å². The zero-order valence-electron chi connectivity index (χ0n) is 11.0. The maximum Gasteiger partial charge on any atom is 0.339 e. The molecule has 1 saturated carbocycles. The first-order valence-corrected chi connectivity index (χ1v) is 6.30. The van der Waals surface area contributed by atoms with Gasteiger partial charge in [0.15, 0.2) is 0 Å². The molecule has 1 aromatic carbocycles. The van der Waals surface area contributed by atoms with Crippen LogP contribution >= 0.6 is 0 Å². The number of ether oxygens (including phenoxy) is 1. The van der Waals surface area contributed by atoms with Crippen LogP contribution in [0.25, 0.3) is 0 Å². The lowest BCUT2D eigenvalue weighted by Crippen LogP contribution is -2.11. The van der Waals surface area contributed by atoms with E-state index in [0.717, 1.165) is 12.8 Å². The molecule has 0 saturated heterocycles. The van der Waals surface area contributed by atoms with Crippen molar-refractivity contribution in [2.45, 2.75) is 25.2 Å². The Morgan fingerprint density at radius 2 is 2.00 bits per heavy atom. The molecule has 0 bridgehead atoms. The van der Waals surface area contributed by atoms with Gasteiger partial charge in [0.05, 0.1) is 13.5 Å². The van der Waals surface area contributed by atoms with Gasteiger partial charge in [0.2, 0.25) is 0 Å². The van der Waals surface area contributed by atoms with Crippen molar-refractivity contribution in [1.29, 1.82) is 0 Å². The van der Waals surface area contributed by atoms with Gasteiger partial charge in [0, 0.05) is 12.0 Å². The molecule has 20 heavy (non-hydrogen) atoms. The molecule has 0 aliphatic heterocycles. The Morgan fingerprint density at radius 3 is 2.45 bits per heavy atom. The molecule has 1 fully saturated rings. The number of aromatic hydroxyl groups is 1. The number of carboxylic acid groups (broad SMARTS) is 2. The zero-order chi connectivity index (χ0) is 14.9. The SMILES string of the molecule is COc1cc(O)c(C(=O)O)cc1C(CC(=O)O)C1CC1. The fourth-order valence-corrected chi connectivity index (χ4v) is 2.44. The quantitative estimate of drug-likeness (QED) is 0.736. The summed E-state index contributed by atoms with van der Waals surface area (Å²) in [7, 11) is 1.41. The Kier molecular flexibility index (Phi) is 3.83. The molecule has 2 rings (SSSR count). The molecular formula is C14H16O6. The number of hydrogen-bond acceptors (Lipinski definition) is 4. The van der Waals surface area contributed by atoms with E-state index < -0.39 is 11.9 Å². The summed E-state index contributed by atoms with van der Waals surface area (Å²) in [6.45, 7) is 0. The fourth-order valence-electron chi connectivity index (χ4n) is 2.44. The summed E-state index contributed by atoms with van der Waals surface area (Å²) in [5.74, 6) is -2.31. The standard InChI is InChI=1S/C14H16O6/c1-20-12-6-11(15)10(14(18)19)4-9(12)8(5-13(16)17)7-2-3-7/h4,6-8,15H,2-3,5H2,1H3,(H,16,17)(H,18,19). The van der Waals surface area contributed by atoms with Crippen molar-refractivity contribution in [3.8, 4) is 11.5 Å². The molecule has 1 unspecified atom stereocenters. The van der Waals surface area contributed by atoms with Crippen LogP contribution in [0.5, 0.6) is 11.5 Å². The molecule has 3 N–H and O–H groups in total. The van der Waals surface area contributed by atoms with Crippen molar-refractivity contribution >= 4 is 11.9 Å². The Balaban J connectivity index is 2.48. The number of hydrogen-bond donors (Lipinski definition) is 3. The fraction of sp³-hybridized carbons (Fsp3) is 0.429. The summed E-state index contributed by atoms with van der Waals surface area (Å²) in [5, 5.41) is 27.7. The second-order valence-electron chi connectivity index (χ2n) is 4.96. The highest BCUT2D eigenvalue weighted by atomic mass is 16.5. The largest absolute Gasteiger partial charge is 0.507 e. The molecule has 1 aliphatic carbocycles. The minimum absolute atomic E-state index is 0.0785. The molecule has 1 atom stereocenters. The van der Waals surface area contributed by atoms with E-state index in [9.17, 15) is 14.7 Å². The number of phenols is 1. The summed E-state index contributed by atoms with van der Waals surface area (Å²) in [4.78, 5) is 22.1. The smallest absolute Gasteiger partial charge is 0.339 e. The summed E-state index contributed by atoms with van der Waals surface area (Å²) < 4.78 is 5.16. The lowest BCUT2D eigenvalue weighted by Gasteiger charge is -2.19. The van der Waals surface area contributed by atoms with Crippen molar-refractivity contribution in [2.24, 2.45) is 5.92 Å². The minimum Gasteiger partial charge on any atom is -0.507 e. The third-order valence-corrected chi connectivity index (χ3v) is 3.56. The second-order valence-corrected chi connectivity index (χ2v) is 4.96. The van der Waals surface area contributed by atoms with Crippen LogP contribution in [0.15, 0.2) is 12.1 Å². The highest BCUT2D eigenvalue weighted by Crippen LogP contribution is 2.48. The number of carboxylic acids is 2. The second kappa shape index (κ2) is 5.40. The maximum atomic E-state index is 11.1. The van der Waals surface area contributed by atoms with Crippen LogP contribution in [0.1, 0.15) is 41.1 Å². The maximum absolute atomic E-state index is 11.1. The summed E-state index contributed by atoms with van der Waals surface area (Å²) >= 11 is 0. The molecule has 0 radical (unpaired) electrons. The van der Waals surface area contributed by atoms with Crippen LogP contribution in [0, 0.1) is 5.92 Å². The van der Waals surface area contributed by atoms with E-state index in [1.165, 1.54) is 19.2 Å². The highest BCUT2D eigenvalue weighted by Gasteiger charge is 2.36. The molecule has 0 spiro atoms. The van der Waals surface area contributed by atoms with Gasteiger partial charge in [0.25, 0.3) is 0 Å². The monoisotopic (exact) mass is 280 g/mol. The van der Waals surface area contributed by atoms with E-state index in [1.54, 1.807) is 0 Å². The molecule has 108 valence electrons. The lowest BCUT2D eigenvalue weighted by atomic mass is 9.89. The summed E-state index contributed by atoms with van der Waals surface area (Å²) in [5.41, 5.74) is 0.296. The summed E-state index contributed by atoms with van der Waals surface area (Å²) in [6, 6.07) is 2.55. The van der Waals surface area contributed by atoms with Crippen LogP contribution in [0.3, 0.4) is 0 Å². The third kappa shape index (κ3) is 2.84. The lowest BCUT2D eigenvalue weighted by molar-refractivity contribution is -0.137. The van der Waals surface area contributed by atoms with Crippen LogP contribution in [-0.4, -0.2) is 34.4 Å². The minimum atomic E-state index is -1.25. The van der Waals surface area contributed by atoms with Crippen LogP contribution in [0.2, 0.25) is 0 Å². The molecular weight excluding hydrogens is 264 g/mol. The number of methoxy groups -OCH3 is 1. The van der Waals surface area contributed by atoms with Crippen molar-refractivity contribution in [3.63, 3.8) is 0 Å². The van der Waals surface area contributed by atoms with E-state index in [-0.39, 0.29) is 29.6 Å². The first-order chi connectivity index (χ1) is 9.43. The summed E-state index contributed by atoms with van der Waals surface area (Å²) in [6.07, 6.45) is 1.76. The molecule has 0 amide bonds. The topological polar surface area (TPSA) is 104 Å². The molecule has 1 aromatic rings. The zero-order valence-corrected chi connectivity index (χ0v) is 11.0.